The van der Waals surface area contributed by atoms with Gasteiger partial charge in [-0.3, -0.25) is 9.36 Å². The largest absolute Gasteiger partial charge is 0.493 e. The Balaban J connectivity index is 1.69. The van der Waals surface area contributed by atoms with Gasteiger partial charge >= 0.3 is 11.9 Å². The number of nitrogens with zero attached hydrogens (tertiary/aromatic N) is 2. The second-order valence-corrected chi connectivity index (χ2v) is 12.6. The Bertz CT molecular complexity index is 1970. The van der Waals surface area contributed by atoms with Gasteiger partial charge < -0.3 is 18.9 Å². The van der Waals surface area contributed by atoms with Crippen LogP contribution in [0.4, 0.5) is 0 Å². The van der Waals surface area contributed by atoms with Gasteiger partial charge in [-0.15, -0.1) is 11.8 Å². The molecule has 0 saturated heterocycles. The lowest BCUT2D eigenvalue weighted by molar-refractivity contribution is -0.145. The van der Waals surface area contributed by atoms with Crippen LogP contribution in [0.15, 0.2) is 91.5 Å². The van der Waals surface area contributed by atoms with Gasteiger partial charge in [0.1, 0.15) is 0 Å². The third kappa shape index (κ3) is 6.98. The average molecular weight is 724 g/mol. The number of hydrogen-bond donors (Lipinski definition) is 0. The summed E-state index contributed by atoms with van der Waals surface area (Å²) in [6, 6.07) is 19.9. The highest BCUT2D eigenvalue weighted by molar-refractivity contribution is 9.10. The number of thiazole rings is 1. The van der Waals surface area contributed by atoms with Crippen molar-refractivity contribution in [1.82, 2.24) is 4.57 Å². The normalized spacial score (nSPS) is 14.4. The summed E-state index contributed by atoms with van der Waals surface area (Å²) < 4.78 is 24.2. The van der Waals surface area contributed by atoms with Gasteiger partial charge in [-0.2, -0.15) is 0 Å². The van der Waals surface area contributed by atoms with Gasteiger partial charge in [0.05, 0.1) is 46.6 Å². The summed E-state index contributed by atoms with van der Waals surface area (Å²) in [4.78, 5) is 46.1. The van der Waals surface area contributed by atoms with Gasteiger partial charge in [0.25, 0.3) is 5.56 Å². The van der Waals surface area contributed by atoms with Gasteiger partial charge in [0.15, 0.2) is 22.9 Å². The third-order valence-electron chi connectivity index (χ3n) is 6.99. The molecule has 3 aromatic carbocycles. The molecule has 9 nitrogen and oxygen atoms in total. The van der Waals surface area contributed by atoms with Crippen molar-refractivity contribution < 1.29 is 28.5 Å². The molecule has 0 amide bonds. The smallest absolute Gasteiger partial charge is 0.344 e. The summed E-state index contributed by atoms with van der Waals surface area (Å²) in [7, 11) is 1.49. The van der Waals surface area contributed by atoms with Crippen LogP contribution in [0.25, 0.3) is 11.8 Å². The lowest BCUT2D eigenvalue weighted by Gasteiger charge is -2.26. The highest BCUT2D eigenvalue weighted by atomic mass is 79.9. The number of ether oxygens (including phenoxy) is 4. The summed E-state index contributed by atoms with van der Waals surface area (Å²) >= 11 is 6.33. The predicted octanol–water partition coefficient (Wildman–Crippen LogP) is 5.37. The molecular formula is C34H31BrN2O7S2. The molecule has 0 N–H and O–H groups in total. The minimum absolute atomic E-state index is 0.170. The second kappa shape index (κ2) is 15.0. The van der Waals surface area contributed by atoms with Crippen LogP contribution in [-0.4, -0.2) is 49.7 Å². The summed E-state index contributed by atoms with van der Waals surface area (Å²) in [5.74, 6) is -0.350. The van der Waals surface area contributed by atoms with E-state index in [4.69, 9.17) is 23.9 Å². The number of esters is 2. The van der Waals surface area contributed by atoms with E-state index in [9.17, 15) is 14.4 Å². The molecule has 46 heavy (non-hydrogen) atoms. The van der Waals surface area contributed by atoms with Crippen molar-refractivity contribution in [1.29, 1.82) is 0 Å². The molecule has 1 aliphatic rings. The minimum Gasteiger partial charge on any atom is -0.493 e. The first kappa shape index (κ1) is 33.2. The fraction of sp³-hybridized carbons (Fsp3) is 0.235. The molecule has 5 rings (SSSR count). The molecular weight excluding hydrogens is 692 g/mol. The topological polar surface area (TPSA) is 105 Å². The van der Waals surface area contributed by atoms with E-state index >= 15 is 0 Å². The van der Waals surface area contributed by atoms with Crippen LogP contribution in [0.3, 0.4) is 0 Å². The highest BCUT2D eigenvalue weighted by Gasteiger charge is 2.35. The molecule has 238 valence electrons. The molecule has 0 aliphatic carbocycles. The maximum atomic E-state index is 14.2. The van der Waals surface area contributed by atoms with Crippen LogP contribution >= 0.6 is 39.0 Å². The Morgan fingerprint density at radius 2 is 1.76 bits per heavy atom. The number of aromatic nitrogens is 1. The monoisotopic (exact) mass is 722 g/mol. The van der Waals surface area contributed by atoms with E-state index in [0.29, 0.717) is 36.6 Å². The quantitative estimate of drug-likeness (QED) is 0.150. The standard InChI is InChI=1S/C34H31BrN2O7S2/c1-5-42-27(38)19-44-31-24(35)16-20(17-25(31)41-3)18-26-32(39)37-30(22-12-14-23(45-4)15-13-22)28(33(40)43-6-2)29(36-34(37)46-26)21-10-8-7-9-11-21/h7-18,30H,5-6,19H2,1-4H3/b26-18-/t30-/m1/s1. The molecule has 0 radical (unpaired) electrons. The van der Waals surface area contributed by atoms with Crippen molar-refractivity contribution in [2.75, 3.05) is 33.2 Å². The van der Waals surface area contributed by atoms with E-state index < -0.39 is 18.0 Å². The van der Waals surface area contributed by atoms with E-state index in [1.165, 1.54) is 18.4 Å². The molecule has 0 bridgehead atoms. The first-order valence-electron chi connectivity index (χ1n) is 14.4. The highest BCUT2D eigenvalue weighted by Crippen LogP contribution is 2.38. The number of thioether (sulfide) groups is 1. The minimum atomic E-state index is -0.775. The molecule has 12 heteroatoms. The molecule has 0 unspecified atom stereocenters. The molecule has 1 atom stereocenters. The zero-order valence-electron chi connectivity index (χ0n) is 25.6. The van der Waals surface area contributed by atoms with Crippen LogP contribution in [-0.2, 0) is 19.1 Å². The Morgan fingerprint density at radius 1 is 1.04 bits per heavy atom. The number of rotatable bonds is 11. The Hall–Kier alpha value is -4.13. The number of fused-ring (bicyclic) bond motifs is 1. The van der Waals surface area contributed by atoms with Gasteiger partial charge in [-0.1, -0.05) is 53.8 Å². The maximum Gasteiger partial charge on any atom is 0.344 e. The van der Waals surface area contributed by atoms with E-state index in [1.807, 2.05) is 60.9 Å². The number of hydrogen-bond acceptors (Lipinski definition) is 10. The first-order valence-corrected chi connectivity index (χ1v) is 17.2. The first-order chi connectivity index (χ1) is 22.3. The van der Waals surface area contributed by atoms with Crippen molar-refractivity contribution in [3.8, 4) is 11.5 Å². The SMILES string of the molecule is CCOC(=O)COc1c(Br)cc(/C=c2\sc3n(c2=O)[C@H](c2ccc(SC)cc2)C(C(=O)OCC)=C(c2ccccc2)N=3)cc1OC. The summed E-state index contributed by atoms with van der Waals surface area (Å²) in [6.45, 7) is 3.59. The van der Waals surface area contributed by atoms with E-state index in [1.54, 1.807) is 48.4 Å². The molecule has 4 aromatic rings. The van der Waals surface area contributed by atoms with Crippen molar-refractivity contribution in [3.63, 3.8) is 0 Å². The Morgan fingerprint density at radius 3 is 2.41 bits per heavy atom. The third-order valence-corrected chi connectivity index (χ3v) is 9.31. The average Bonchev–Trinajstić information content (AvgIpc) is 3.37. The fourth-order valence-electron chi connectivity index (χ4n) is 4.99. The molecule has 1 aromatic heterocycles. The van der Waals surface area contributed by atoms with Crippen LogP contribution in [0.1, 0.15) is 36.6 Å². The van der Waals surface area contributed by atoms with Crippen molar-refractivity contribution in [2.24, 2.45) is 4.99 Å². The van der Waals surface area contributed by atoms with Crippen LogP contribution < -0.4 is 24.4 Å². The van der Waals surface area contributed by atoms with Gasteiger partial charge in [0.2, 0.25) is 0 Å². The van der Waals surface area contributed by atoms with Crippen LogP contribution in [0.2, 0.25) is 0 Å². The van der Waals surface area contributed by atoms with Gasteiger partial charge in [-0.25, -0.2) is 14.6 Å². The van der Waals surface area contributed by atoms with Gasteiger partial charge in [0, 0.05) is 10.5 Å². The Labute approximate surface area is 282 Å². The van der Waals surface area contributed by atoms with Crippen molar-refractivity contribution in [2.45, 2.75) is 24.8 Å². The number of halogens is 1. The van der Waals surface area contributed by atoms with Crippen LogP contribution in [0, 0.1) is 0 Å². The van der Waals surface area contributed by atoms with E-state index in [2.05, 4.69) is 15.9 Å². The maximum absolute atomic E-state index is 14.2. The zero-order chi connectivity index (χ0) is 32.8. The Kier molecular flexibility index (Phi) is 10.8. The molecule has 1 aliphatic heterocycles. The van der Waals surface area contributed by atoms with Gasteiger partial charge in [-0.05, 0) is 77.5 Å². The lowest BCUT2D eigenvalue weighted by Crippen LogP contribution is -2.40. The second-order valence-electron chi connectivity index (χ2n) is 9.83. The molecule has 0 fully saturated rings. The molecule has 0 spiro atoms. The summed E-state index contributed by atoms with van der Waals surface area (Å²) in [5, 5.41) is 0. The van der Waals surface area contributed by atoms with E-state index in [0.717, 1.165) is 16.0 Å². The number of methoxy groups -OCH3 is 1. The zero-order valence-corrected chi connectivity index (χ0v) is 28.8. The molecule has 0 saturated carbocycles. The van der Waals surface area contributed by atoms with Crippen LogP contribution in [0.5, 0.6) is 11.5 Å². The van der Waals surface area contributed by atoms with E-state index in [-0.39, 0.29) is 31.0 Å². The molecule has 2 heterocycles. The van der Waals surface area contributed by atoms with Crippen molar-refractivity contribution >= 4 is 62.7 Å². The number of carbonyl (C=O) groups excluding carboxylic acids is 2. The summed E-state index contributed by atoms with van der Waals surface area (Å²) in [6.07, 6.45) is 3.72. The predicted molar refractivity (Wildman–Crippen MR) is 182 cm³/mol. The lowest BCUT2D eigenvalue weighted by atomic mass is 9.93. The summed E-state index contributed by atoms with van der Waals surface area (Å²) in [5.41, 5.74) is 2.57. The van der Waals surface area contributed by atoms with Crippen molar-refractivity contribution in [3.05, 3.63) is 113 Å². The fourth-order valence-corrected chi connectivity index (χ4v) is 6.97. The number of carbonyl (C=O) groups is 2. The number of benzene rings is 3.